The molecule has 1 rings (SSSR count). The van der Waals surface area contributed by atoms with Gasteiger partial charge in [-0.1, -0.05) is 18.2 Å². The molecule has 4 heteroatoms. The zero-order chi connectivity index (χ0) is 8.97. The van der Waals surface area contributed by atoms with E-state index >= 15 is 0 Å². The fourth-order valence-corrected chi connectivity index (χ4v) is 0.857. The van der Waals surface area contributed by atoms with Crippen molar-refractivity contribution >= 4 is 11.8 Å². The van der Waals surface area contributed by atoms with E-state index in [1.54, 1.807) is 30.3 Å². The lowest BCUT2D eigenvalue weighted by Gasteiger charge is -2.14. The topological polar surface area (TPSA) is 49.8 Å². The summed E-state index contributed by atoms with van der Waals surface area (Å²) in [6, 6.07) is 8.59. The van der Waals surface area contributed by atoms with Crippen LogP contribution in [0.15, 0.2) is 30.3 Å². The van der Waals surface area contributed by atoms with Crippen LogP contribution in [0.5, 0.6) is 0 Å². The van der Waals surface area contributed by atoms with Crippen molar-refractivity contribution in [1.82, 2.24) is 0 Å². The maximum absolute atomic E-state index is 10.5. The standard InChI is InChI=1S/C8H9NO3/c1-12-9(8(10)11)7-5-3-2-4-6-7/h2-6H,1H3,(H,10,11). The summed E-state index contributed by atoms with van der Waals surface area (Å²) in [6.45, 7) is 0. The Morgan fingerprint density at radius 1 is 1.42 bits per heavy atom. The summed E-state index contributed by atoms with van der Waals surface area (Å²) in [5, 5.41) is 9.42. The van der Waals surface area contributed by atoms with Gasteiger partial charge in [0.1, 0.15) is 0 Å². The van der Waals surface area contributed by atoms with E-state index in [4.69, 9.17) is 5.11 Å². The molecule has 0 aliphatic rings. The number of carboxylic acid groups (broad SMARTS) is 1. The van der Waals surface area contributed by atoms with E-state index in [1.807, 2.05) is 0 Å². The smallest absolute Gasteiger partial charge is 0.436 e. The molecule has 0 heterocycles. The van der Waals surface area contributed by atoms with Crippen molar-refractivity contribution in [3.63, 3.8) is 0 Å². The Morgan fingerprint density at radius 3 is 2.42 bits per heavy atom. The van der Waals surface area contributed by atoms with Gasteiger partial charge in [-0.15, -0.1) is 0 Å². The van der Waals surface area contributed by atoms with Crippen LogP contribution in [-0.2, 0) is 4.84 Å². The summed E-state index contributed by atoms with van der Waals surface area (Å²) in [7, 11) is 1.31. The molecule has 0 atom stereocenters. The van der Waals surface area contributed by atoms with Crippen molar-refractivity contribution < 1.29 is 14.7 Å². The van der Waals surface area contributed by atoms with Gasteiger partial charge in [0.25, 0.3) is 0 Å². The first-order chi connectivity index (χ1) is 5.75. The summed E-state index contributed by atoms with van der Waals surface area (Å²) >= 11 is 0. The molecule has 0 saturated heterocycles. The lowest BCUT2D eigenvalue weighted by molar-refractivity contribution is 0.130. The van der Waals surface area contributed by atoms with E-state index in [0.29, 0.717) is 5.69 Å². The summed E-state index contributed by atoms with van der Waals surface area (Å²) in [5.74, 6) is 0. The first kappa shape index (κ1) is 8.55. The zero-order valence-electron chi connectivity index (χ0n) is 6.60. The zero-order valence-corrected chi connectivity index (χ0v) is 6.60. The second kappa shape index (κ2) is 3.73. The number of hydrogen-bond acceptors (Lipinski definition) is 2. The van der Waals surface area contributed by atoms with Crippen molar-refractivity contribution in [2.45, 2.75) is 0 Å². The number of nitrogens with zero attached hydrogens (tertiary/aromatic N) is 1. The van der Waals surface area contributed by atoms with Crippen LogP contribution in [0.25, 0.3) is 0 Å². The Labute approximate surface area is 69.9 Å². The Morgan fingerprint density at radius 2 is 2.00 bits per heavy atom. The minimum absolute atomic E-state index is 0.493. The molecule has 64 valence electrons. The molecule has 1 aromatic rings. The highest BCUT2D eigenvalue weighted by Gasteiger charge is 2.11. The number of rotatable bonds is 2. The Kier molecular flexibility index (Phi) is 2.66. The molecule has 0 saturated carbocycles. The molecule has 1 N–H and O–H groups in total. The molecular weight excluding hydrogens is 158 g/mol. The molecule has 0 radical (unpaired) electrons. The number of carbonyl (C=O) groups is 1. The van der Waals surface area contributed by atoms with E-state index in [0.717, 1.165) is 5.06 Å². The van der Waals surface area contributed by atoms with E-state index in [1.165, 1.54) is 7.11 Å². The maximum Gasteiger partial charge on any atom is 0.436 e. The first-order valence-electron chi connectivity index (χ1n) is 3.38. The van der Waals surface area contributed by atoms with Gasteiger partial charge in [0, 0.05) is 0 Å². The molecule has 0 aliphatic carbocycles. The van der Waals surface area contributed by atoms with Crippen LogP contribution in [0.1, 0.15) is 0 Å². The predicted octanol–water partition coefficient (Wildman–Crippen LogP) is 1.73. The van der Waals surface area contributed by atoms with Crippen LogP contribution in [0, 0.1) is 0 Å². The van der Waals surface area contributed by atoms with Gasteiger partial charge >= 0.3 is 6.09 Å². The molecule has 12 heavy (non-hydrogen) atoms. The summed E-state index contributed by atoms with van der Waals surface area (Å²) in [5.41, 5.74) is 0.493. The average Bonchev–Trinajstić information content (AvgIpc) is 2.07. The average molecular weight is 167 g/mol. The van der Waals surface area contributed by atoms with Gasteiger partial charge in [0.05, 0.1) is 12.8 Å². The second-order valence-corrected chi connectivity index (χ2v) is 2.10. The number of anilines is 1. The van der Waals surface area contributed by atoms with Crippen LogP contribution < -0.4 is 5.06 Å². The molecule has 0 spiro atoms. The van der Waals surface area contributed by atoms with E-state index in [-0.39, 0.29) is 0 Å². The first-order valence-corrected chi connectivity index (χ1v) is 3.38. The Bertz CT molecular complexity index is 260. The van der Waals surface area contributed by atoms with Gasteiger partial charge in [0.2, 0.25) is 0 Å². The van der Waals surface area contributed by atoms with Crippen molar-refractivity contribution in [1.29, 1.82) is 0 Å². The fraction of sp³-hybridized carbons (Fsp3) is 0.125. The highest BCUT2D eigenvalue weighted by Crippen LogP contribution is 2.12. The van der Waals surface area contributed by atoms with Crippen molar-refractivity contribution in [3.8, 4) is 0 Å². The Hall–Kier alpha value is -1.55. The fourth-order valence-electron chi connectivity index (χ4n) is 0.857. The number of benzene rings is 1. The lowest BCUT2D eigenvalue weighted by Crippen LogP contribution is -2.27. The quantitative estimate of drug-likeness (QED) is 0.682. The summed E-state index contributed by atoms with van der Waals surface area (Å²) in [4.78, 5) is 15.2. The molecule has 0 aliphatic heterocycles. The van der Waals surface area contributed by atoms with Gasteiger partial charge in [-0.2, -0.15) is 5.06 Å². The van der Waals surface area contributed by atoms with Crippen molar-refractivity contribution in [2.24, 2.45) is 0 Å². The number of hydroxylamine groups is 1. The van der Waals surface area contributed by atoms with Gasteiger partial charge in [-0.25, -0.2) is 4.79 Å². The van der Waals surface area contributed by atoms with Crippen LogP contribution in [0.4, 0.5) is 10.5 Å². The van der Waals surface area contributed by atoms with E-state index in [9.17, 15) is 4.79 Å². The number of hydrogen-bond donors (Lipinski definition) is 1. The van der Waals surface area contributed by atoms with Crippen molar-refractivity contribution in [3.05, 3.63) is 30.3 Å². The summed E-state index contributed by atoms with van der Waals surface area (Å²) < 4.78 is 0. The molecule has 1 aromatic carbocycles. The van der Waals surface area contributed by atoms with E-state index < -0.39 is 6.09 Å². The monoisotopic (exact) mass is 167 g/mol. The minimum atomic E-state index is -1.14. The maximum atomic E-state index is 10.5. The molecule has 1 amide bonds. The van der Waals surface area contributed by atoms with Gasteiger partial charge in [0.15, 0.2) is 0 Å². The molecular formula is C8H9NO3. The predicted molar refractivity (Wildman–Crippen MR) is 44.0 cm³/mol. The largest absolute Gasteiger partial charge is 0.463 e. The third-order valence-electron chi connectivity index (χ3n) is 1.35. The highest BCUT2D eigenvalue weighted by atomic mass is 16.7. The van der Waals surface area contributed by atoms with Gasteiger partial charge in [-0.05, 0) is 12.1 Å². The number of amides is 1. The highest BCUT2D eigenvalue weighted by molar-refractivity contribution is 5.83. The second-order valence-electron chi connectivity index (χ2n) is 2.10. The van der Waals surface area contributed by atoms with Crippen LogP contribution in [-0.4, -0.2) is 18.3 Å². The van der Waals surface area contributed by atoms with E-state index in [2.05, 4.69) is 4.84 Å². The lowest BCUT2D eigenvalue weighted by atomic mass is 10.3. The molecule has 0 fully saturated rings. The van der Waals surface area contributed by atoms with Crippen LogP contribution >= 0.6 is 0 Å². The van der Waals surface area contributed by atoms with Crippen molar-refractivity contribution in [2.75, 3.05) is 12.2 Å². The van der Waals surface area contributed by atoms with Crippen LogP contribution in [0.2, 0.25) is 0 Å². The molecule has 0 bridgehead atoms. The molecule has 0 aromatic heterocycles. The minimum Gasteiger partial charge on any atom is -0.463 e. The van der Waals surface area contributed by atoms with Gasteiger partial charge in [-0.3, -0.25) is 4.84 Å². The van der Waals surface area contributed by atoms with Gasteiger partial charge < -0.3 is 5.11 Å². The third kappa shape index (κ3) is 1.73. The Balaban J connectivity index is 2.88. The molecule has 4 nitrogen and oxygen atoms in total. The molecule has 0 unspecified atom stereocenters. The third-order valence-corrected chi connectivity index (χ3v) is 1.35. The van der Waals surface area contributed by atoms with Crippen LogP contribution in [0.3, 0.4) is 0 Å². The normalized spacial score (nSPS) is 9.42. The SMILES string of the molecule is CON(C(=O)O)c1ccccc1. The number of para-hydroxylation sites is 1. The summed E-state index contributed by atoms with van der Waals surface area (Å²) in [6.07, 6.45) is -1.14.